The van der Waals surface area contributed by atoms with Crippen LogP contribution in [0.2, 0.25) is 0 Å². The van der Waals surface area contributed by atoms with Crippen molar-refractivity contribution in [2.45, 2.75) is 56.9 Å². The minimum Gasteiger partial charge on any atom is -0.480 e. The van der Waals surface area contributed by atoms with Crippen molar-refractivity contribution in [1.29, 1.82) is 0 Å². The van der Waals surface area contributed by atoms with Gasteiger partial charge in [-0.15, -0.1) is 0 Å². The molecule has 0 amide bonds. The SMILES string of the molecule is CCOC(=O)[C@H](CSC1CCCC1)NC(C)C(=O)O. The molecule has 6 heteroatoms. The van der Waals surface area contributed by atoms with Gasteiger partial charge in [0.05, 0.1) is 6.61 Å². The molecule has 1 aliphatic carbocycles. The summed E-state index contributed by atoms with van der Waals surface area (Å²) in [6.07, 6.45) is 4.88. The van der Waals surface area contributed by atoms with Gasteiger partial charge in [-0.25, -0.2) is 0 Å². The van der Waals surface area contributed by atoms with E-state index in [1.54, 1.807) is 18.7 Å². The molecule has 0 aromatic rings. The third kappa shape index (κ3) is 5.82. The average Bonchev–Trinajstić information content (AvgIpc) is 2.87. The lowest BCUT2D eigenvalue weighted by Crippen LogP contribution is -2.48. The van der Waals surface area contributed by atoms with E-state index in [-0.39, 0.29) is 5.97 Å². The van der Waals surface area contributed by atoms with Crippen molar-refractivity contribution in [2.75, 3.05) is 12.4 Å². The highest BCUT2D eigenvalue weighted by Crippen LogP contribution is 2.29. The van der Waals surface area contributed by atoms with Gasteiger partial charge in [0.25, 0.3) is 0 Å². The van der Waals surface area contributed by atoms with Crippen LogP contribution in [0.25, 0.3) is 0 Å². The van der Waals surface area contributed by atoms with Gasteiger partial charge >= 0.3 is 11.9 Å². The van der Waals surface area contributed by atoms with Crippen LogP contribution in [-0.4, -0.2) is 46.7 Å². The zero-order valence-corrected chi connectivity index (χ0v) is 12.4. The summed E-state index contributed by atoms with van der Waals surface area (Å²) in [6.45, 7) is 3.60. The van der Waals surface area contributed by atoms with Crippen LogP contribution in [0.5, 0.6) is 0 Å². The summed E-state index contributed by atoms with van der Waals surface area (Å²) in [6, 6.07) is -1.30. The van der Waals surface area contributed by atoms with E-state index in [1.165, 1.54) is 32.6 Å². The van der Waals surface area contributed by atoms with Crippen molar-refractivity contribution in [3.63, 3.8) is 0 Å². The molecule has 0 aromatic carbocycles. The molecule has 0 aromatic heterocycles. The smallest absolute Gasteiger partial charge is 0.324 e. The minimum atomic E-state index is -0.958. The fourth-order valence-corrected chi connectivity index (χ4v) is 3.45. The summed E-state index contributed by atoms with van der Waals surface area (Å²) in [5.41, 5.74) is 0. The lowest BCUT2D eigenvalue weighted by molar-refractivity contribution is -0.146. The Bertz CT molecular complexity index is 305. The maximum atomic E-state index is 11.8. The number of ether oxygens (including phenoxy) is 1. The Morgan fingerprint density at radius 3 is 2.58 bits per heavy atom. The van der Waals surface area contributed by atoms with E-state index in [2.05, 4.69) is 5.32 Å². The molecule has 5 nitrogen and oxygen atoms in total. The fourth-order valence-electron chi connectivity index (χ4n) is 2.09. The van der Waals surface area contributed by atoms with E-state index < -0.39 is 18.1 Å². The summed E-state index contributed by atoms with van der Waals surface area (Å²) in [5.74, 6) is -0.748. The highest BCUT2D eigenvalue weighted by atomic mass is 32.2. The van der Waals surface area contributed by atoms with E-state index in [0.717, 1.165) is 0 Å². The number of rotatable bonds is 8. The van der Waals surface area contributed by atoms with Gasteiger partial charge in [0.1, 0.15) is 12.1 Å². The Labute approximate surface area is 118 Å². The largest absolute Gasteiger partial charge is 0.480 e. The number of hydrogen-bond donors (Lipinski definition) is 2. The van der Waals surface area contributed by atoms with E-state index in [1.807, 2.05) is 0 Å². The molecule has 1 unspecified atom stereocenters. The highest BCUT2D eigenvalue weighted by Gasteiger charge is 2.26. The van der Waals surface area contributed by atoms with Crippen molar-refractivity contribution < 1.29 is 19.4 Å². The maximum Gasteiger partial charge on any atom is 0.324 e. The third-order valence-corrected chi connectivity index (χ3v) is 4.66. The Kier molecular flexibility index (Phi) is 7.23. The Morgan fingerprint density at radius 2 is 2.05 bits per heavy atom. The van der Waals surface area contributed by atoms with Gasteiger partial charge in [0, 0.05) is 11.0 Å². The highest BCUT2D eigenvalue weighted by molar-refractivity contribution is 8.00. The first-order valence-corrected chi connectivity index (χ1v) is 7.86. The first kappa shape index (κ1) is 16.3. The molecule has 2 atom stereocenters. The van der Waals surface area contributed by atoms with Gasteiger partial charge in [0.15, 0.2) is 0 Å². The number of carboxylic acid groups (broad SMARTS) is 1. The van der Waals surface area contributed by atoms with Crippen LogP contribution in [0.4, 0.5) is 0 Å². The maximum absolute atomic E-state index is 11.8. The molecule has 2 N–H and O–H groups in total. The fraction of sp³-hybridized carbons (Fsp3) is 0.846. The summed E-state index contributed by atoms with van der Waals surface area (Å²) >= 11 is 1.74. The molecule has 0 radical (unpaired) electrons. The van der Waals surface area contributed by atoms with Crippen LogP contribution in [0.15, 0.2) is 0 Å². The lowest BCUT2D eigenvalue weighted by Gasteiger charge is -2.20. The molecule has 0 bridgehead atoms. The second-order valence-corrected chi connectivity index (χ2v) is 6.10. The van der Waals surface area contributed by atoms with Crippen molar-refractivity contribution in [2.24, 2.45) is 0 Å². The predicted octanol–water partition coefficient (Wildman–Crippen LogP) is 1.66. The number of thioether (sulfide) groups is 1. The molecule has 0 aliphatic heterocycles. The first-order valence-electron chi connectivity index (χ1n) is 6.81. The number of aliphatic carboxylic acids is 1. The average molecular weight is 289 g/mol. The molecule has 0 spiro atoms. The molecule has 0 saturated heterocycles. The number of esters is 1. The second kappa shape index (κ2) is 8.43. The summed E-state index contributed by atoms with van der Waals surface area (Å²) < 4.78 is 4.99. The van der Waals surface area contributed by atoms with Crippen molar-refractivity contribution >= 4 is 23.7 Å². The van der Waals surface area contributed by atoms with Crippen LogP contribution in [0.3, 0.4) is 0 Å². The van der Waals surface area contributed by atoms with Crippen LogP contribution in [0.1, 0.15) is 39.5 Å². The van der Waals surface area contributed by atoms with Crippen molar-refractivity contribution in [3.8, 4) is 0 Å². The topological polar surface area (TPSA) is 75.6 Å². The Hall–Kier alpha value is -0.750. The van der Waals surface area contributed by atoms with Gasteiger partial charge < -0.3 is 9.84 Å². The molecule has 19 heavy (non-hydrogen) atoms. The molecular formula is C13H23NO4S. The molecule has 0 heterocycles. The summed E-state index contributed by atoms with van der Waals surface area (Å²) in [7, 11) is 0. The zero-order chi connectivity index (χ0) is 14.3. The first-order chi connectivity index (χ1) is 9.04. The Morgan fingerprint density at radius 1 is 1.42 bits per heavy atom. The van der Waals surface area contributed by atoms with E-state index in [4.69, 9.17) is 9.84 Å². The zero-order valence-electron chi connectivity index (χ0n) is 11.6. The van der Waals surface area contributed by atoms with Gasteiger partial charge in [-0.2, -0.15) is 11.8 Å². The second-order valence-electron chi connectivity index (χ2n) is 4.77. The van der Waals surface area contributed by atoms with Crippen LogP contribution in [0, 0.1) is 0 Å². The number of carbonyl (C=O) groups is 2. The predicted molar refractivity (Wildman–Crippen MR) is 75.4 cm³/mol. The number of hydrogen-bond acceptors (Lipinski definition) is 5. The van der Waals surface area contributed by atoms with Crippen molar-refractivity contribution in [1.82, 2.24) is 5.32 Å². The quantitative estimate of drug-likeness (QED) is 0.662. The summed E-state index contributed by atoms with van der Waals surface area (Å²) in [4.78, 5) is 22.7. The molecule has 110 valence electrons. The normalized spacial score (nSPS) is 19.1. The summed E-state index contributed by atoms with van der Waals surface area (Å²) in [5, 5.41) is 12.3. The number of carbonyl (C=O) groups excluding carboxylic acids is 1. The number of carboxylic acids is 1. The van der Waals surface area contributed by atoms with Gasteiger partial charge in [-0.05, 0) is 26.7 Å². The molecule has 1 aliphatic rings. The Balaban J connectivity index is 2.47. The van der Waals surface area contributed by atoms with Crippen LogP contribution >= 0.6 is 11.8 Å². The molecule has 1 fully saturated rings. The van der Waals surface area contributed by atoms with Gasteiger partial charge in [-0.3, -0.25) is 14.9 Å². The van der Waals surface area contributed by atoms with Crippen LogP contribution < -0.4 is 5.32 Å². The van der Waals surface area contributed by atoms with E-state index in [9.17, 15) is 9.59 Å². The van der Waals surface area contributed by atoms with Crippen LogP contribution in [-0.2, 0) is 14.3 Å². The third-order valence-electron chi connectivity index (χ3n) is 3.19. The monoisotopic (exact) mass is 289 g/mol. The molecule has 1 saturated carbocycles. The van der Waals surface area contributed by atoms with E-state index >= 15 is 0 Å². The van der Waals surface area contributed by atoms with Gasteiger partial charge in [0.2, 0.25) is 0 Å². The van der Waals surface area contributed by atoms with Crippen molar-refractivity contribution in [3.05, 3.63) is 0 Å². The standard InChI is InChI=1S/C13H23NO4S/c1-3-18-13(17)11(14-9(2)12(15)16)8-19-10-6-4-5-7-10/h9-11,14H,3-8H2,1-2H3,(H,15,16)/t9?,11-/m0/s1. The van der Waals surface area contributed by atoms with E-state index in [0.29, 0.717) is 17.6 Å². The molecular weight excluding hydrogens is 266 g/mol. The lowest BCUT2D eigenvalue weighted by atomic mass is 10.2. The van der Waals surface area contributed by atoms with Gasteiger partial charge in [-0.1, -0.05) is 12.8 Å². The molecule has 1 rings (SSSR count). The number of nitrogens with one attached hydrogen (secondary N) is 1. The minimum absolute atomic E-state index is 0.312.